The summed E-state index contributed by atoms with van der Waals surface area (Å²) >= 11 is 12.3. The Balaban J connectivity index is 1.86. The highest BCUT2D eigenvalue weighted by Crippen LogP contribution is 2.34. The van der Waals surface area contributed by atoms with Crippen LogP contribution in [-0.2, 0) is 16.0 Å². The zero-order valence-electron chi connectivity index (χ0n) is 13.5. The molecule has 0 spiro atoms. The minimum atomic E-state index is -1.09. The summed E-state index contributed by atoms with van der Waals surface area (Å²) in [6.07, 6.45) is 1.88. The van der Waals surface area contributed by atoms with E-state index in [0.29, 0.717) is 9.93 Å². The number of benzene rings is 2. The Bertz CT molecular complexity index is 881. The Morgan fingerprint density at radius 3 is 2.46 bits per heavy atom. The van der Waals surface area contributed by atoms with E-state index in [1.54, 1.807) is 30.3 Å². The van der Waals surface area contributed by atoms with E-state index in [1.807, 2.05) is 30.3 Å². The normalized spacial score (nSPS) is 17.0. The fourth-order valence-electron chi connectivity index (χ4n) is 2.59. The molecular formula is C19H14ClNO3S2. The monoisotopic (exact) mass is 403 g/mol. The lowest BCUT2D eigenvalue weighted by Gasteiger charge is -2.23. The lowest BCUT2D eigenvalue weighted by atomic mass is 10.0. The number of carboxylic acid groups (broad SMARTS) is 1. The van der Waals surface area contributed by atoms with Gasteiger partial charge in [0, 0.05) is 11.4 Å². The number of amides is 1. The van der Waals surface area contributed by atoms with Crippen LogP contribution in [0.15, 0.2) is 59.5 Å². The first-order valence-corrected chi connectivity index (χ1v) is 9.35. The molecule has 0 unspecified atom stereocenters. The summed E-state index contributed by atoms with van der Waals surface area (Å²) in [5.41, 5.74) is 1.63. The molecule has 0 aliphatic carbocycles. The molecule has 2 aromatic carbocycles. The van der Waals surface area contributed by atoms with Crippen LogP contribution in [0.3, 0.4) is 0 Å². The minimum Gasteiger partial charge on any atom is -0.480 e. The van der Waals surface area contributed by atoms with Gasteiger partial charge in [0.05, 0.1) is 4.91 Å². The fourth-order valence-corrected chi connectivity index (χ4v) is 4.07. The summed E-state index contributed by atoms with van der Waals surface area (Å²) < 4.78 is 0.249. The molecule has 7 heteroatoms. The maximum atomic E-state index is 12.8. The first-order valence-electron chi connectivity index (χ1n) is 7.75. The molecule has 0 bridgehead atoms. The van der Waals surface area contributed by atoms with Crippen molar-refractivity contribution in [2.75, 3.05) is 0 Å². The van der Waals surface area contributed by atoms with Crippen molar-refractivity contribution in [2.45, 2.75) is 12.5 Å². The number of hydrogen-bond donors (Lipinski definition) is 1. The van der Waals surface area contributed by atoms with E-state index in [2.05, 4.69) is 0 Å². The molecule has 3 rings (SSSR count). The lowest BCUT2D eigenvalue weighted by Crippen LogP contribution is -2.45. The molecule has 0 saturated carbocycles. The van der Waals surface area contributed by atoms with Crippen LogP contribution >= 0.6 is 35.6 Å². The molecule has 1 aliphatic heterocycles. The molecular weight excluding hydrogens is 390 g/mol. The number of thioether (sulfide) groups is 1. The van der Waals surface area contributed by atoms with Gasteiger partial charge in [-0.15, -0.1) is 0 Å². The van der Waals surface area contributed by atoms with Crippen LogP contribution in [0.25, 0.3) is 6.08 Å². The molecule has 1 atom stereocenters. The van der Waals surface area contributed by atoms with E-state index in [-0.39, 0.29) is 10.7 Å². The van der Waals surface area contributed by atoms with E-state index < -0.39 is 17.9 Å². The molecule has 1 N–H and O–H groups in total. The van der Waals surface area contributed by atoms with Gasteiger partial charge in [-0.3, -0.25) is 9.69 Å². The van der Waals surface area contributed by atoms with Crippen LogP contribution in [0.1, 0.15) is 11.1 Å². The van der Waals surface area contributed by atoms with Gasteiger partial charge in [-0.1, -0.05) is 78.0 Å². The van der Waals surface area contributed by atoms with Crippen molar-refractivity contribution >= 4 is 57.9 Å². The summed E-state index contributed by atoms with van der Waals surface area (Å²) in [5.74, 6) is -1.48. The Hall–Kier alpha value is -2.15. The molecule has 1 aliphatic rings. The van der Waals surface area contributed by atoms with Gasteiger partial charge in [-0.2, -0.15) is 0 Å². The van der Waals surface area contributed by atoms with Crippen molar-refractivity contribution in [3.8, 4) is 0 Å². The topological polar surface area (TPSA) is 57.6 Å². The number of carboxylic acids is 1. The average molecular weight is 404 g/mol. The first kappa shape index (κ1) is 18.6. The SMILES string of the molecule is O=C(O)[C@@H](Cc1ccccc1)N1C(=O)/C(=C/c2ccc(Cl)cc2)SC1=S. The van der Waals surface area contributed by atoms with Crippen LogP contribution in [-0.4, -0.2) is 32.2 Å². The molecule has 132 valence electrons. The number of thiocarbonyl (C=S) groups is 1. The van der Waals surface area contributed by atoms with E-state index in [4.69, 9.17) is 23.8 Å². The summed E-state index contributed by atoms with van der Waals surface area (Å²) in [5, 5.41) is 10.2. The molecule has 2 aromatic rings. The number of nitrogens with zero attached hydrogens (tertiary/aromatic N) is 1. The largest absolute Gasteiger partial charge is 0.480 e. The molecule has 1 saturated heterocycles. The molecule has 26 heavy (non-hydrogen) atoms. The summed E-state index contributed by atoms with van der Waals surface area (Å²) in [4.78, 5) is 26.2. The predicted molar refractivity (Wildman–Crippen MR) is 108 cm³/mol. The Labute approximate surface area is 165 Å². The second kappa shape index (κ2) is 8.03. The molecule has 4 nitrogen and oxygen atoms in total. The quantitative estimate of drug-likeness (QED) is 0.597. The molecule has 1 heterocycles. The highest BCUT2D eigenvalue weighted by Gasteiger charge is 2.40. The van der Waals surface area contributed by atoms with Gasteiger partial charge in [0.15, 0.2) is 0 Å². The average Bonchev–Trinajstić information content (AvgIpc) is 2.89. The number of aliphatic carboxylic acids is 1. The zero-order valence-corrected chi connectivity index (χ0v) is 15.9. The highest BCUT2D eigenvalue weighted by atomic mass is 35.5. The van der Waals surface area contributed by atoms with Crippen molar-refractivity contribution in [1.29, 1.82) is 0 Å². The van der Waals surface area contributed by atoms with Gasteiger partial charge in [0.1, 0.15) is 10.4 Å². The van der Waals surface area contributed by atoms with Gasteiger partial charge in [-0.25, -0.2) is 4.79 Å². The third-order valence-electron chi connectivity index (χ3n) is 3.86. The number of rotatable bonds is 5. The third kappa shape index (κ3) is 4.15. The zero-order chi connectivity index (χ0) is 18.7. The van der Waals surface area contributed by atoms with Crippen LogP contribution in [0, 0.1) is 0 Å². The molecule has 1 amide bonds. The molecule has 0 radical (unpaired) electrons. The maximum Gasteiger partial charge on any atom is 0.327 e. The smallest absolute Gasteiger partial charge is 0.327 e. The predicted octanol–water partition coefficient (Wildman–Crippen LogP) is 4.24. The fraction of sp³-hybridized carbons (Fsp3) is 0.105. The number of halogens is 1. The maximum absolute atomic E-state index is 12.8. The first-order chi connectivity index (χ1) is 12.5. The van der Waals surface area contributed by atoms with Gasteiger partial charge in [0.25, 0.3) is 5.91 Å². The standard InChI is InChI=1S/C19H14ClNO3S2/c20-14-8-6-13(7-9-14)11-16-17(22)21(19(25)26-16)15(18(23)24)10-12-4-2-1-3-5-12/h1-9,11,15H,10H2,(H,23,24)/b16-11-/t15-/m1/s1. The van der Waals surface area contributed by atoms with Crippen LogP contribution in [0.4, 0.5) is 0 Å². The Morgan fingerprint density at radius 2 is 1.85 bits per heavy atom. The number of carbonyl (C=O) groups is 2. The van der Waals surface area contributed by atoms with E-state index in [0.717, 1.165) is 22.9 Å². The van der Waals surface area contributed by atoms with Gasteiger partial charge in [-0.05, 0) is 29.3 Å². The molecule has 0 aromatic heterocycles. The molecule has 1 fully saturated rings. The Morgan fingerprint density at radius 1 is 1.19 bits per heavy atom. The van der Waals surface area contributed by atoms with Crippen molar-refractivity contribution in [3.05, 3.63) is 75.7 Å². The van der Waals surface area contributed by atoms with Crippen LogP contribution in [0.5, 0.6) is 0 Å². The van der Waals surface area contributed by atoms with Crippen molar-refractivity contribution < 1.29 is 14.7 Å². The van der Waals surface area contributed by atoms with Crippen molar-refractivity contribution in [3.63, 3.8) is 0 Å². The number of hydrogen-bond acceptors (Lipinski definition) is 4. The lowest BCUT2D eigenvalue weighted by molar-refractivity contribution is -0.145. The van der Waals surface area contributed by atoms with Gasteiger partial charge < -0.3 is 5.11 Å². The van der Waals surface area contributed by atoms with Crippen molar-refractivity contribution in [1.82, 2.24) is 4.90 Å². The van der Waals surface area contributed by atoms with E-state index in [1.165, 1.54) is 4.90 Å². The van der Waals surface area contributed by atoms with Gasteiger partial charge in [0.2, 0.25) is 0 Å². The Kier molecular flexibility index (Phi) is 5.76. The van der Waals surface area contributed by atoms with Gasteiger partial charge >= 0.3 is 5.97 Å². The van der Waals surface area contributed by atoms with E-state index >= 15 is 0 Å². The van der Waals surface area contributed by atoms with Crippen LogP contribution in [0.2, 0.25) is 5.02 Å². The highest BCUT2D eigenvalue weighted by molar-refractivity contribution is 8.26. The second-order valence-corrected chi connectivity index (χ2v) is 7.76. The number of carbonyl (C=O) groups excluding carboxylic acids is 1. The summed E-state index contributed by atoms with van der Waals surface area (Å²) in [6.45, 7) is 0. The van der Waals surface area contributed by atoms with Crippen molar-refractivity contribution in [2.24, 2.45) is 0 Å². The second-order valence-electron chi connectivity index (χ2n) is 5.65. The third-order valence-corrected chi connectivity index (χ3v) is 5.44. The van der Waals surface area contributed by atoms with Crippen LogP contribution < -0.4 is 0 Å². The summed E-state index contributed by atoms with van der Waals surface area (Å²) in [6, 6.07) is 15.2. The van der Waals surface area contributed by atoms with E-state index in [9.17, 15) is 14.7 Å². The summed E-state index contributed by atoms with van der Waals surface area (Å²) in [7, 11) is 0. The minimum absolute atomic E-state index is 0.191.